The first-order valence-electron chi connectivity index (χ1n) is 12.0. The van der Waals surface area contributed by atoms with Gasteiger partial charge >= 0.3 is 6.09 Å². The predicted octanol–water partition coefficient (Wildman–Crippen LogP) is 3.11. The van der Waals surface area contributed by atoms with E-state index in [-0.39, 0.29) is 25.3 Å². The number of ether oxygens (including phenoxy) is 3. The number of aromatic nitrogens is 3. The van der Waals surface area contributed by atoms with E-state index < -0.39 is 18.3 Å². The van der Waals surface area contributed by atoms with E-state index >= 15 is 0 Å². The number of nitrogens with zero attached hydrogens (tertiary/aromatic N) is 3. The average molecular weight is 517 g/mol. The van der Waals surface area contributed by atoms with Crippen LogP contribution in [0.25, 0.3) is 22.4 Å². The minimum Gasteiger partial charge on any atom is -0.459 e. The number of amides is 1. The number of piperidine rings is 1. The second-order valence-corrected chi connectivity index (χ2v) is 9.59. The van der Waals surface area contributed by atoms with Gasteiger partial charge in [0, 0.05) is 25.1 Å². The van der Waals surface area contributed by atoms with Crippen LogP contribution >= 0.6 is 11.6 Å². The fourth-order valence-electron chi connectivity index (χ4n) is 4.84. The summed E-state index contributed by atoms with van der Waals surface area (Å²) in [7, 11) is 1.41. The molecule has 2 saturated heterocycles. The lowest BCUT2D eigenvalue weighted by atomic mass is 9.89. The third kappa shape index (κ3) is 5.12. The first kappa shape index (κ1) is 24.8. The van der Waals surface area contributed by atoms with Gasteiger partial charge in [-0.05, 0) is 30.4 Å². The van der Waals surface area contributed by atoms with Crippen LogP contribution in [-0.2, 0) is 9.47 Å². The van der Waals surface area contributed by atoms with Crippen molar-refractivity contribution in [1.29, 1.82) is 0 Å². The van der Waals surface area contributed by atoms with E-state index in [1.54, 1.807) is 11.0 Å². The summed E-state index contributed by atoms with van der Waals surface area (Å²) in [5.41, 5.74) is 3.82. The maximum Gasteiger partial charge on any atom is 0.409 e. The highest BCUT2D eigenvalue weighted by Gasteiger charge is 2.31. The molecule has 11 heteroatoms. The Hall–Kier alpha value is -2.92. The number of aliphatic hydroxyl groups is 2. The summed E-state index contributed by atoms with van der Waals surface area (Å²) >= 11 is 6.56. The second kappa shape index (κ2) is 10.6. The number of rotatable bonds is 5. The van der Waals surface area contributed by atoms with Gasteiger partial charge in [0.05, 0.1) is 42.7 Å². The van der Waals surface area contributed by atoms with E-state index in [1.165, 1.54) is 12.7 Å². The fraction of sp³-hybridized carbons (Fsp3) is 0.480. The van der Waals surface area contributed by atoms with Crippen LogP contribution in [0.5, 0.6) is 6.01 Å². The van der Waals surface area contributed by atoms with Gasteiger partial charge in [0.15, 0.2) is 5.65 Å². The molecule has 192 valence electrons. The molecule has 3 atom stereocenters. The number of fused-ring (bicyclic) bond motifs is 1. The lowest BCUT2D eigenvalue weighted by molar-refractivity contribution is -0.131. The van der Waals surface area contributed by atoms with Crippen LogP contribution in [-0.4, -0.2) is 87.9 Å². The molecule has 0 spiro atoms. The lowest BCUT2D eigenvalue weighted by Crippen LogP contribution is -2.45. The highest BCUT2D eigenvalue weighted by Crippen LogP contribution is 2.33. The quantitative estimate of drug-likeness (QED) is 0.471. The van der Waals surface area contributed by atoms with Gasteiger partial charge in [0.2, 0.25) is 0 Å². The molecule has 4 heterocycles. The molecule has 0 radical (unpaired) electrons. The fourth-order valence-corrected chi connectivity index (χ4v) is 5.10. The van der Waals surface area contributed by atoms with Gasteiger partial charge in [-0.15, -0.1) is 0 Å². The Labute approximate surface area is 213 Å². The number of benzene rings is 1. The van der Waals surface area contributed by atoms with Crippen LogP contribution in [0.3, 0.4) is 0 Å². The number of H-pyrrole nitrogens is 1. The third-order valence-corrected chi connectivity index (χ3v) is 7.16. The summed E-state index contributed by atoms with van der Waals surface area (Å²) in [6.07, 6.45) is 0.0362. The SMILES string of the molecule is COC(=O)N1CCC(c2ccc(-c3nc4nc(O[C@H]5COC(CO)[C@@H](O)C5)[nH]c4cc3Cl)cc2)CC1. The van der Waals surface area contributed by atoms with Crippen LogP contribution in [0.1, 0.15) is 30.7 Å². The Morgan fingerprint density at radius 3 is 2.67 bits per heavy atom. The van der Waals surface area contributed by atoms with E-state index in [9.17, 15) is 15.0 Å². The largest absolute Gasteiger partial charge is 0.459 e. The molecule has 1 aromatic carbocycles. The molecule has 5 rings (SSSR count). The van der Waals surface area contributed by atoms with Gasteiger partial charge in [0.25, 0.3) is 6.01 Å². The molecule has 2 aromatic heterocycles. The molecular formula is C25H29ClN4O6. The summed E-state index contributed by atoms with van der Waals surface area (Å²) in [6, 6.07) is 10.2. The smallest absolute Gasteiger partial charge is 0.409 e. The minimum atomic E-state index is -0.805. The zero-order chi connectivity index (χ0) is 25.2. The van der Waals surface area contributed by atoms with Crippen LogP contribution < -0.4 is 4.74 Å². The average Bonchev–Trinajstić information content (AvgIpc) is 3.29. The molecule has 0 aliphatic carbocycles. The van der Waals surface area contributed by atoms with Crippen molar-refractivity contribution in [3.63, 3.8) is 0 Å². The van der Waals surface area contributed by atoms with Crippen molar-refractivity contribution in [1.82, 2.24) is 19.9 Å². The molecule has 36 heavy (non-hydrogen) atoms. The number of halogens is 1. The molecule has 3 N–H and O–H groups in total. The molecule has 3 aromatic rings. The molecule has 2 aliphatic heterocycles. The molecule has 1 amide bonds. The summed E-state index contributed by atoms with van der Waals surface area (Å²) in [4.78, 5) is 25.6. The number of nitrogens with one attached hydrogen (secondary N) is 1. The van der Waals surface area contributed by atoms with Gasteiger partial charge in [-0.2, -0.15) is 4.98 Å². The number of carbonyl (C=O) groups excluding carboxylic acids is 1. The molecule has 0 bridgehead atoms. The maximum atomic E-state index is 11.7. The third-order valence-electron chi connectivity index (χ3n) is 6.88. The van der Waals surface area contributed by atoms with E-state index in [2.05, 4.69) is 27.1 Å². The zero-order valence-corrected chi connectivity index (χ0v) is 20.6. The summed E-state index contributed by atoms with van der Waals surface area (Å²) < 4.78 is 16.1. The zero-order valence-electron chi connectivity index (χ0n) is 19.9. The first-order valence-corrected chi connectivity index (χ1v) is 12.4. The van der Waals surface area contributed by atoms with E-state index in [0.717, 1.165) is 18.4 Å². The van der Waals surface area contributed by atoms with Crippen LogP contribution in [0.2, 0.25) is 5.02 Å². The van der Waals surface area contributed by atoms with Gasteiger partial charge < -0.3 is 34.3 Å². The molecule has 2 aliphatic rings. The molecule has 1 unspecified atom stereocenters. The monoisotopic (exact) mass is 516 g/mol. The molecule has 2 fully saturated rings. The number of hydrogen-bond acceptors (Lipinski definition) is 8. The Bertz CT molecular complexity index is 1210. The predicted molar refractivity (Wildman–Crippen MR) is 132 cm³/mol. The number of carbonyl (C=O) groups is 1. The van der Waals surface area contributed by atoms with Crippen molar-refractivity contribution in [2.24, 2.45) is 0 Å². The summed E-state index contributed by atoms with van der Waals surface area (Å²) in [6.45, 7) is 1.37. The number of imidazole rings is 1. The number of pyridine rings is 1. The van der Waals surface area contributed by atoms with Crippen LogP contribution in [0.15, 0.2) is 30.3 Å². The molecular weight excluding hydrogens is 488 g/mol. The van der Waals surface area contributed by atoms with Crippen molar-refractivity contribution in [2.75, 3.05) is 33.4 Å². The first-order chi connectivity index (χ1) is 17.4. The topological polar surface area (TPSA) is 130 Å². The van der Waals surface area contributed by atoms with Crippen molar-refractivity contribution < 1.29 is 29.2 Å². The Morgan fingerprint density at radius 2 is 2.00 bits per heavy atom. The van der Waals surface area contributed by atoms with Crippen molar-refractivity contribution in [2.45, 2.75) is 43.5 Å². The number of likely N-dealkylation sites (tertiary alicyclic amines) is 1. The summed E-state index contributed by atoms with van der Waals surface area (Å²) in [5, 5.41) is 19.8. The number of methoxy groups -OCH3 is 1. The second-order valence-electron chi connectivity index (χ2n) is 9.18. The molecule has 10 nitrogen and oxygen atoms in total. The van der Waals surface area contributed by atoms with Gasteiger partial charge in [-0.1, -0.05) is 35.9 Å². The highest BCUT2D eigenvalue weighted by molar-refractivity contribution is 6.33. The van der Waals surface area contributed by atoms with Gasteiger partial charge in [0.1, 0.15) is 12.2 Å². The number of hydrogen-bond donors (Lipinski definition) is 3. The summed E-state index contributed by atoms with van der Waals surface area (Å²) in [5.74, 6) is 0.381. The Balaban J connectivity index is 1.27. The Morgan fingerprint density at radius 1 is 1.25 bits per heavy atom. The Kier molecular flexibility index (Phi) is 7.29. The van der Waals surface area contributed by atoms with Crippen LogP contribution in [0, 0.1) is 0 Å². The van der Waals surface area contributed by atoms with E-state index in [4.69, 9.17) is 25.8 Å². The lowest BCUT2D eigenvalue weighted by Gasteiger charge is -2.31. The number of aromatic amines is 1. The highest BCUT2D eigenvalue weighted by atomic mass is 35.5. The van der Waals surface area contributed by atoms with Crippen molar-refractivity contribution >= 4 is 28.9 Å². The standard InChI is InChI=1S/C25H29ClN4O6/c1-34-25(33)30-8-6-15(7-9-30)14-2-4-16(5-3-14)22-18(26)11-19-23(28-22)29-24(27-19)36-17-10-20(32)21(12-31)35-13-17/h2-5,11,15,17,20-21,31-32H,6-10,12-13H2,1H3,(H,27,28,29)/t17-,20+,21?/m1/s1. The van der Waals surface area contributed by atoms with Crippen molar-refractivity contribution in [3.8, 4) is 17.3 Å². The maximum absolute atomic E-state index is 11.7. The normalized spacial score (nSPS) is 23.1. The van der Waals surface area contributed by atoms with E-state index in [1.807, 2.05) is 12.1 Å². The van der Waals surface area contributed by atoms with E-state index in [0.29, 0.717) is 47.3 Å². The van der Waals surface area contributed by atoms with Crippen molar-refractivity contribution in [3.05, 3.63) is 40.9 Å². The molecule has 0 saturated carbocycles. The minimum absolute atomic E-state index is 0.237. The van der Waals surface area contributed by atoms with Gasteiger partial charge in [-0.3, -0.25) is 0 Å². The van der Waals surface area contributed by atoms with Crippen LogP contribution in [0.4, 0.5) is 4.79 Å². The number of aliphatic hydroxyl groups excluding tert-OH is 2. The van der Waals surface area contributed by atoms with Gasteiger partial charge in [-0.25, -0.2) is 9.78 Å².